The van der Waals surface area contributed by atoms with Crippen LogP contribution in [0.2, 0.25) is 0 Å². The second-order valence-electron chi connectivity index (χ2n) is 6.20. The van der Waals surface area contributed by atoms with E-state index in [9.17, 15) is 9.59 Å². The molecular weight excluding hydrogens is 296 g/mol. The minimum Gasteiger partial charge on any atom is -0.459 e. The molecule has 1 saturated carbocycles. The molecule has 0 unspecified atom stereocenters. The number of rotatable bonds is 3. The number of carbonyl (C=O) groups excluding carboxylic acids is 1. The predicted molar refractivity (Wildman–Crippen MR) is 85.3 cm³/mol. The summed E-state index contributed by atoms with van der Waals surface area (Å²) in [6.45, 7) is 1.81. The lowest BCUT2D eigenvalue weighted by atomic mass is 9.93. The van der Waals surface area contributed by atoms with Crippen LogP contribution in [-0.4, -0.2) is 26.3 Å². The summed E-state index contributed by atoms with van der Waals surface area (Å²) in [5.74, 6) is 0.619. The molecule has 1 amide bonds. The third-order valence-corrected chi connectivity index (χ3v) is 4.56. The van der Waals surface area contributed by atoms with Crippen molar-refractivity contribution in [2.75, 3.05) is 0 Å². The van der Waals surface area contributed by atoms with Gasteiger partial charge in [0, 0.05) is 19.2 Å². The number of hydrogen-bond acceptors (Lipinski definition) is 4. The molecule has 23 heavy (non-hydrogen) atoms. The Morgan fingerprint density at radius 2 is 2.26 bits per heavy atom. The molecule has 0 radical (unpaired) electrons. The number of aryl methyl sites for hydroxylation is 2. The molecule has 0 bridgehead atoms. The smallest absolute Gasteiger partial charge is 0.291 e. The third kappa shape index (κ3) is 2.15. The fraction of sp³-hybridized carbons (Fsp3) is 0.438. The van der Waals surface area contributed by atoms with E-state index in [1.54, 1.807) is 10.8 Å². The van der Waals surface area contributed by atoms with Crippen molar-refractivity contribution in [3.05, 3.63) is 28.4 Å². The largest absolute Gasteiger partial charge is 0.459 e. The zero-order chi connectivity index (χ0) is 16.1. The summed E-state index contributed by atoms with van der Waals surface area (Å²) < 4.78 is 8.67. The summed E-state index contributed by atoms with van der Waals surface area (Å²) in [4.78, 5) is 24.7. The Labute approximate surface area is 131 Å². The van der Waals surface area contributed by atoms with E-state index in [1.807, 2.05) is 20.0 Å². The lowest BCUT2D eigenvalue weighted by molar-refractivity contribution is -0.123. The summed E-state index contributed by atoms with van der Waals surface area (Å²) in [5.41, 5.74) is 1.74. The summed E-state index contributed by atoms with van der Waals surface area (Å²) in [6.07, 6.45) is 4.77. The molecule has 0 saturated heterocycles. The summed E-state index contributed by atoms with van der Waals surface area (Å²) in [7, 11) is 1.82. The molecule has 1 fully saturated rings. The van der Waals surface area contributed by atoms with Gasteiger partial charge >= 0.3 is 0 Å². The number of aromatic nitrogens is 3. The fourth-order valence-corrected chi connectivity index (χ4v) is 3.11. The van der Waals surface area contributed by atoms with E-state index in [4.69, 9.17) is 4.42 Å². The van der Waals surface area contributed by atoms with Gasteiger partial charge in [-0.15, -0.1) is 0 Å². The van der Waals surface area contributed by atoms with E-state index >= 15 is 0 Å². The molecule has 7 nitrogen and oxygen atoms in total. The molecule has 1 aliphatic carbocycles. The van der Waals surface area contributed by atoms with Gasteiger partial charge in [-0.25, -0.2) is 4.68 Å². The number of fused-ring (bicyclic) bond motifs is 3. The first-order valence-electron chi connectivity index (χ1n) is 7.78. The molecule has 0 aliphatic heterocycles. The van der Waals surface area contributed by atoms with Crippen LogP contribution in [0.1, 0.15) is 25.0 Å². The average Bonchev–Trinajstić information content (AvgIpc) is 2.96. The Morgan fingerprint density at radius 1 is 1.48 bits per heavy atom. The van der Waals surface area contributed by atoms with E-state index in [0.29, 0.717) is 16.5 Å². The number of nitrogens with zero attached hydrogens (tertiary/aromatic N) is 3. The Morgan fingerprint density at radius 3 is 2.96 bits per heavy atom. The molecule has 3 heterocycles. The molecule has 1 aliphatic rings. The molecule has 7 heteroatoms. The van der Waals surface area contributed by atoms with Crippen molar-refractivity contribution in [3.8, 4) is 0 Å². The maximum absolute atomic E-state index is 12.7. The Bertz CT molecular complexity index is 975. The van der Waals surface area contributed by atoms with Gasteiger partial charge in [0.25, 0.3) is 5.56 Å². The molecule has 120 valence electrons. The standard InChI is InChI=1S/C16H18N4O3/c1-9-6-12-15(23-9)11-7-17-20(16(22)14(11)19(12)2)8-13(21)18-10-4-3-5-10/h6-7,10H,3-5,8H2,1-2H3,(H,18,21). The average molecular weight is 314 g/mol. The van der Waals surface area contributed by atoms with E-state index in [2.05, 4.69) is 10.4 Å². The summed E-state index contributed by atoms with van der Waals surface area (Å²) in [5, 5.41) is 7.74. The van der Waals surface area contributed by atoms with Crippen LogP contribution in [0.4, 0.5) is 0 Å². The monoisotopic (exact) mass is 314 g/mol. The third-order valence-electron chi connectivity index (χ3n) is 4.56. The van der Waals surface area contributed by atoms with Crippen LogP contribution in [0.25, 0.3) is 22.0 Å². The van der Waals surface area contributed by atoms with E-state index in [-0.39, 0.29) is 24.1 Å². The zero-order valence-corrected chi connectivity index (χ0v) is 13.1. The molecule has 0 spiro atoms. The highest BCUT2D eigenvalue weighted by atomic mass is 16.3. The molecule has 0 aromatic carbocycles. The van der Waals surface area contributed by atoms with Gasteiger partial charge in [-0.05, 0) is 26.2 Å². The molecule has 3 aromatic rings. The first-order chi connectivity index (χ1) is 11.0. The highest BCUT2D eigenvalue weighted by Crippen LogP contribution is 2.28. The van der Waals surface area contributed by atoms with Crippen LogP contribution < -0.4 is 10.9 Å². The highest BCUT2D eigenvalue weighted by Gasteiger charge is 2.21. The number of furan rings is 1. The quantitative estimate of drug-likeness (QED) is 0.793. The van der Waals surface area contributed by atoms with E-state index in [0.717, 1.165) is 30.5 Å². The van der Waals surface area contributed by atoms with Crippen molar-refractivity contribution in [1.82, 2.24) is 19.7 Å². The maximum atomic E-state index is 12.7. The van der Waals surface area contributed by atoms with Crippen molar-refractivity contribution in [1.29, 1.82) is 0 Å². The lowest BCUT2D eigenvalue weighted by Gasteiger charge is -2.26. The van der Waals surface area contributed by atoms with Crippen LogP contribution in [-0.2, 0) is 18.4 Å². The van der Waals surface area contributed by atoms with Crippen molar-refractivity contribution < 1.29 is 9.21 Å². The topological polar surface area (TPSA) is 82.1 Å². The van der Waals surface area contributed by atoms with Crippen molar-refractivity contribution in [2.45, 2.75) is 38.8 Å². The Balaban J connectivity index is 1.74. The van der Waals surface area contributed by atoms with Crippen molar-refractivity contribution in [2.24, 2.45) is 7.05 Å². The summed E-state index contributed by atoms with van der Waals surface area (Å²) in [6, 6.07) is 2.14. The lowest BCUT2D eigenvalue weighted by Crippen LogP contribution is -2.42. The second-order valence-corrected chi connectivity index (χ2v) is 6.20. The SMILES string of the molecule is Cc1cc2c(o1)c1cnn(CC(=O)NC3CCC3)c(=O)c1n2C. The van der Waals surface area contributed by atoms with Gasteiger partial charge < -0.3 is 14.3 Å². The van der Waals surface area contributed by atoms with E-state index in [1.165, 1.54) is 4.68 Å². The molecule has 3 aromatic heterocycles. The highest BCUT2D eigenvalue weighted by molar-refractivity contribution is 6.04. The number of amides is 1. The van der Waals surface area contributed by atoms with Gasteiger partial charge in [-0.3, -0.25) is 9.59 Å². The molecular formula is C16H18N4O3. The predicted octanol–water partition coefficient (Wildman–Crippen LogP) is 1.46. The first kappa shape index (κ1) is 14.0. The van der Waals surface area contributed by atoms with Gasteiger partial charge in [0.1, 0.15) is 17.8 Å². The van der Waals surface area contributed by atoms with Crippen LogP contribution in [0.15, 0.2) is 21.5 Å². The van der Waals surface area contributed by atoms with Gasteiger partial charge in [0.15, 0.2) is 5.58 Å². The minimum absolute atomic E-state index is 0.0587. The Kier molecular flexibility index (Phi) is 3.04. The molecule has 4 rings (SSSR count). The van der Waals surface area contributed by atoms with Crippen LogP contribution in [0.5, 0.6) is 0 Å². The van der Waals surface area contributed by atoms with Crippen LogP contribution in [0.3, 0.4) is 0 Å². The van der Waals surface area contributed by atoms with E-state index < -0.39 is 0 Å². The summed E-state index contributed by atoms with van der Waals surface area (Å²) >= 11 is 0. The van der Waals surface area contributed by atoms with Crippen molar-refractivity contribution >= 4 is 27.9 Å². The van der Waals surface area contributed by atoms with Crippen LogP contribution in [0, 0.1) is 6.92 Å². The van der Waals surface area contributed by atoms with Gasteiger partial charge in [0.2, 0.25) is 5.91 Å². The first-order valence-corrected chi connectivity index (χ1v) is 7.78. The zero-order valence-electron chi connectivity index (χ0n) is 13.1. The normalized spacial score (nSPS) is 15.2. The van der Waals surface area contributed by atoms with Crippen molar-refractivity contribution in [3.63, 3.8) is 0 Å². The number of nitrogens with one attached hydrogen (secondary N) is 1. The van der Waals surface area contributed by atoms with Gasteiger partial charge in [-0.2, -0.15) is 5.10 Å². The van der Waals surface area contributed by atoms with Crippen LogP contribution >= 0.6 is 0 Å². The molecule has 1 N–H and O–H groups in total. The maximum Gasteiger partial charge on any atom is 0.291 e. The minimum atomic E-state index is -0.280. The number of carbonyl (C=O) groups is 1. The Hall–Kier alpha value is -2.57. The fourth-order valence-electron chi connectivity index (χ4n) is 3.11. The van der Waals surface area contributed by atoms with Gasteiger partial charge in [-0.1, -0.05) is 0 Å². The van der Waals surface area contributed by atoms with Gasteiger partial charge in [0.05, 0.1) is 17.1 Å². The molecule has 0 atom stereocenters. The number of hydrogen-bond donors (Lipinski definition) is 1. The second kappa shape index (κ2) is 4.97.